The summed E-state index contributed by atoms with van der Waals surface area (Å²) >= 11 is 0. The third kappa shape index (κ3) is 7.03. The van der Waals surface area contributed by atoms with E-state index < -0.39 is 28.9 Å². The molecule has 1 aliphatic heterocycles. The average Bonchev–Trinajstić information content (AvgIpc) is 3.88. The van der Waals surface area contributed by atoms with Crippen LogP contribution in [0.5, 0.6) is 23.0 Å². The van der Waals surface area contributed by atoms with E-state index in [1.165, 1.54) is 36.4 Å². The van der Waals surface area contributed by atoms with Crippen LogP contribution in [0.1, 0.15) is 19.3 Å². The molecule has 46 heavy (non-hydrogen) atoms. The minimum atomic E-state index is -1.28. The van der Waals surface area contributed by atoms with Crippen molar-refractivity contribution in [3.05, 3.63) is 78.5 Å². The molecule has 10 nitrogen and oxygen atoms in total. The van der Waals surface area contributed by atoms with Crippen LogP contribution in [0.4, 0.5) is 20.2 Å². The zero-order chi connectivity index (χ0) is 32.1. The van der Waals surface area contributed by atoms with Crippen LogP contribution >= 0.6 is 0 Å². The van der Waals surface area contributed by atoms with E-state index >= 15 is 4.39 Å². The number of aromatic nitrogens is 1. The van der Waals surface area contributed by atoms with Crippen molar-refractivity contribution in [2.75, 3.05) is 57.2 Å². The number of pyridine rings is 1. The molecule has 1 saturated heterocycles. The number of anilines is 2. The number of hydrogen-bond acceptors (Lipinski definition) is 8. The molecule has 240 valence electrons. The monoisotopic (exact) mass is 638 g/mol. The van der Waals surface area contributed by atoms with Crippen molar-refractivity contribution in [2.45, 2.75) is 19.3 Å². The predicted octanol–water partition coefficient (Wildman–Crippen LogP) is 5.77. The Morgan fingerprint density at radius 2 is 1.61 bits per heavy atom. The fraction of sp³-hybridized carbons (Fsp3) is 0.324. The van der Waals surface area contributed by atoms with Crippen LogP contribution in [0, 0.1) is 17.0 Å². The zero-order valence-electron chi connectivity index (χ0n) is 25.3. The second-order valence-corrected chi connectivity index (χ2v) is 11.2. The van der Waals surface area contributed by atoms with Crippen LogP contribution in [-0.4, -0.2) is 68.3 Å². The molecule has 1 saturated carbocycles. The summed E-state index contributed by atoms with van der Waals surface area (Å²) in [6, 6.07) is 14.4. The minimum Gasteiger partial charge on any atom is -0.493 e. The van der Waals surface area contributed by atoms with Gasteiger partial charge in [-0.2, -0.15) is 0 Å². The van der Waals surface area contributed by atoms with Crippen LogP contribution in [-0.2, 0) is 14.3 Å². The topological polar surface area (TPSA) is 111 Å². The summed E-state index contributed by atoms with van der Waals surface area (Å²) in [6.07, 6.45) is 3.09. The predicted molar refractivity (Wildman–Crippen MR) is 167 cm³/mol. The number of carbonyl (C=O) groups excluding carboxylic acids is 2. The number of morpholine rings is 1. The lowest BCUT2D eigenvalue weighted by Crippen LogP contribution is -2.37. The largest absolute Gasteiger partial charge is 0.493 e. The van der Waals surface area contributed by atoms with Crippen LogP contribution < -0.4 is 24.8 Å². The van der Waals surface area contributed by atoms with Gasteiger partial charge in [0.2, 0.25) is 11.8 Å². The van der Waals surface area contributed by atoms with Crippen molar-refractivity contribution in [3.63, 3.8) is 0 Å². The number of rotatable bonds is 12. The first-order chi connectivity index (χ1) is 22.3. The summed E-state index contributed by atoms with van der Waals surface area (Å²) in [6.45, 7) is 4.76. The van der Waals surface area contributed by atoms with Gasteiger partial charge in [-0.1, -0.05) is 0 Å². The lowest BCUT2D eigenvalue weighted by molar-refractivity contribution is -0.131. The molecule has 0 atom stereocenters. The quantitative estimate of drug-likeness (QED) is 0.149. The molecule has 2 N–H and O–H groups in total. The molecule has 4 aromatic rings. The van der Waals surface area contributed by atoms with Crippen molar-refractivity contribution < 1.29 is 37.3 Å². The van der Waals surface area contributed by atoms with Crippen molar-refractivity contribution in [1.82, 2.24) is 9.88 Å². The summed E-state index contributed by atoms with van der Waals surface area (Å²) < 4.78 is 51.4. The highest BCUT2D eigenvalue weighted by Gasteiger charge is 2.56. The van der Waals surface area contributed by atoms with Gasteiger partial charge in [0.25, 0.3) is 0 Å². The number of nitrogens with one attached hydrogen (secondary N) is 2. The normalized spacial score (nSPS) is 15.6. The highest BCUT2D eigenvalue weighted by molar-refractivity contribution is 6.16. The lowest BCUT2D eigenvalue weighted by Gasteiger charge is -2.26. The van der Waals surface area contributed by atoms with E-state index in [2.05, 4.69) is 20.5 Å². The molecule has 2 amide bonds. The lowest BCUT2D eigenvalue weighted by atomic mass is 10.1. The van der Waals surface area contributed by atoms with Gasteiger partial charge < -0.3 is 29.6 Å². The molecule has 1 aliphatic carbocycles. The van der Waals surface area contributed by atoms with E-state index in [-0.39, 0.29) is 11.4 Å². The van der Waals surface area contributed by atoms with Crippen molar-refractivity contribution in [2.24, 2.45) is 5.41 Å². The molecule has 0 spiro atoms. The maximum atomic E-state index is 15.2. The zero-order valence-corrected chi connectivity index (χ0v) is 25.3. The molecule has 2 aliphatic rings. The van der Waals surface area contributed by atoms with Crippen molar-refractivity contribution in [1.29, 1.82) is 0 Å². The Morgan fingerprint density at radius 3 is 2.30 bits per heavy atom. The van der Waals surface area contributed by atoms with Gasteiger partial charge in [-0.25, -0.2) is 8.78 Å². The second kappa shape index (κ2) is 13.7. The van der Waals surface area contributed by atoms with E-state index in [1.807, 2.05) is 0 Å². The molecular formula is C34H34F2N4O6. The van der Waals surface area contributed by atoms with Gasteiger partial charge in [-0.05, 0) is 67.8 Å². The van der Waals surface area contributed by atoms with E-state index in [9.17, 15) is 14.0 Å². The summed E-state index contributed by atoms with van der Waals surface area (Å²) in [5.74, 6) is -0.871. The van der Waals surface area contributed by atoms with E-state index in [0.717, 1.165) is 45.3 Å². The Morgan fingerprint density at radius 1 is 0.891 bits per heavy atom. The molecule has 12 heteroatoms. The number of fused-ring (bicyclic) bond motifs is 1. The first kappa shape index (κ1) is 31.2. The molecular weight excluding hydrogens is 604 g/mol. The van der Waals surface area contributed by atoms with Gasteiger partial charge in [0.1, 0.15) is 17.0 Å². The Balaban J connectivity index is 1.10. The SMILES string of the molecule is COc1cc2c(Oc3ccc(NC(=O)C4(C(=O)N[13c]5[13cH][13cH][13c](F)[13cH][13cH]5)CC4)cc3F)ccnc2cc1OCCCN1CCOCC1. The molecule has 2 fully saturated rings. The highest BCUT2D eigenvalue weighted by Crippen LogP contribution is 2.47. The molecule has 2 heterocycles. The maximum Gasteiger partial charge on any atom is 0.240 e. The van der Waals surface area contributed by atoms with Crippen LogP contribution in [0.3, 0.4) is 0 Å². The number of amides is 2. The number of halogens is 2. The number of hydrogen-bond donors (Lipinski definition) is 2. The van der Waals surface area contributed by atoms with Gasteiger partial charge in [-0.3, -0.25) is 19.5 Å². The van der Waals surface area contributed by atoms with Gasteiger partial charge in [0, 0.05) is 54.7 Å². The minimum absolute atomic E-state index is 0.0666. The summed E-state index contributed by atoms with van der Waals surface area (Å²) in [7, 11) is 1.55. The summed E-state index contributed by atoms with van der Waals surface area (Å²) in [5.41, 5.74) is -0.144. The fourth-order valence-electron chi connectivity index (χ4n) is 5.28. The van der Waals surface area contributed by atoms with Crippen LogP contribution in [0.15, 0.2) is 66.9 Å². The molecule has 6 rings (SSSR count). The number of methoxy groups -OCH3 is 1. The first-order valence-electron chi connectivity index (χ1n) is 15.1. The average molecular weight is 639 g/mol. The molecule has 3 aromatic carbocycles. The Labute approximate surface area is 264 Å². The second-order valence-electron chi connectivity index (χ2n) is 11.2. The van der Waals surface area contributed by atoms with Gasteiger partial charge in [0.05, 0.1) is 32.4 Å². The molecule has 0 radical (unpaired) electrons. The van der Waals surface area contributed by atoms with Gasteiger partial charge >= 0.3 is 0 Å². The maximum absolute atomic E-state index is 15.2. The fourth-order valence-corrected chi connectivity index (χ4v) is 5.28. The Bertz CT molecular complexity index is 1730. The third-order valence-corrected chi connectivity index (χ3v) is 8.10. The van der Waals surface area contributed by atoms with Crippen molar-refractivity contribution >= 4 is 34.1 Å². The summed E-state index contributed by atoms with van der Waals surface area (Å²) in [4.78, 5) is 32.7. The molecule has 0 bridgehead atoms. The highest BCUT2D eigenvalue weighted by atomic mass is 19.2. The Hall–Kier alpha value is -4.81. The number of benzene rings is 3. The van der Waals surface area contributed by atoms with E-state index in [0.29, 0.717) is 53.3 Å². The number of carbonyl (C=O) groups is 2. The standard InChI is InChI=1S/C34H34F2N4O6/c1-43-30-20-25-27(21-31(30)45-16-2-13-40-14-17-44-18-15-40)37-12-9-28(25)46-29-8-7-24(19-26(29)36)39-33(42)34(10-11-34)32(41)38-23-5-3-22(35)4-6-23/h3-9,12,19-21H,2,10-11,13-18H2,1H3,(H,38,41)(H,39,42)/i3+1,4+1,5+1,6+1,22+1,23+1. The number of ether oxygens (including phenoxy) is 4. The Kier molecular flexibility index (Phi) is 9.27. The van der Waals surface area contributed by atoms with Gasteiger partial charge in [-0.15, -0.1) is 0 Å². The molecule has 0 unspecified atom stereocenters. The van der Waals surface area contributed by atoms with E-state index in [4.69, 9.17) is 18.9 Å². The smallest absolute Gasteiger partial charge is 0.240 e. The van der Waals surface area contributed by atoms with Gasteiger partial charge in [0.15, 0.2) is 23.1 Å². The first-order valence-corrected chi connectivity index (χ1v) is 15.1. The van der Waals surface area contributed by atoms with Crippen molar-refractivity contribution in [3.8, 4) is 23.0 Å². The van der Waals surface area contributed by atoms with E-state index in [1.54, 1.807) is 31.5 Å². The number of nitrogens with zero attached hydrogens (tertiary/aromatic N) is 2. The summed E-state index contributed by atoms with van der Waals surface area (Å²) in [5, 5.41) is 5.89. The molecule has 1 aromatic heterocycles. The van der Waals surface area contributed by atoms with Crippen LogP contribution in [0.25, 0.3) is 10.9 Å². The third-order valence-electron chi connectivity index (χ3n) is 8.10. The van der Waals surface area contributed by atoms with Crippen LogP contribution in [0.2, 0.25) is 0 Å².